The molecule has 3 rings (SSSR count). The molecule has 2 aliphatic carbocycles. The first-order valence-electron chi connectivity index (χ1n) is 8.61. The fourth-order valence-electron chi connectivity index (χ4n) is 4.08. The third kappa shape index (κ3) is 4.90. The molecule has 2 unspecified atom stereocenters. The van der Waals surface area contributed by atoms with Crippen LogP contribution in [0.5, 0.6) is 0 Å². The number of halogens is 1. The van der Waals surface area contributed by atoms with E-state index in [1.165, 1.54) is 18.2 Å². The summed E-state index contributed by atoms with van der Waals surface area (Å²) in [6.07, 6.45) is 5.31. The van der Waals surface area contributed by atoms with Gasteiger partial charge in [-0.15, -0.1) is 24.2 Å². The van der Waals surface area contributed by atoms with Crippen molar-refractivity contribution in [1.29, 1.82) is 0 Å². The van der Waals surface area contributed by atoms with Crippen LogP contribution in [0.25, 0.3) is 0 Å². The van der Waals surface area contributed by atoms with Gasteiger partial charge in [0.05, 0.1) is 11.4 Å². The largest absolute Gasteiger partial charge is 0.369 e. The molecule has 2 bridgehead atoms. The number of thioether (sulfide) groups is 1. The van der Waals surface area contributed by atoms with Gasteiger partial charge in [0.15, 0.2) is 0 Å². The second-order valence-corrected chi connectivity index (χ2v) is 7.95. The molecule has 25 heavy (non-hydrogen) atoms. The average Bonchev–Trinajstić information content (AvgIpc) is 2.53. The van der Waals surface area contributed by atoms with Crippen molar-refractivity contribution in [2.75, 3.05) is 11.1 Å². The molecular weight excluding hydrogens is 358 g/mol. The Morgan fingerprint density at radius 3 is 2.44 bits per heavy atom. The molecule has 1 aromatic rings. The van der Waals surface area contributed by atoms with Gasteiger partial charge in [-0.1, -0.05) is 18.6 Å². The molecule has 5 nitrogen and oxygen atoms in total. The number of nitrogens with one attached hydrogen (secondary N) is 1. The Morgan fingerprint density at radius 2 is 1.80 bits per heavy atom. The number of fused-ring (bicyclic) bond motifs is 2. The maximum absolute atomic E-state index is 12.7. The van der Waals surface area contributed by atoms with Crippen molar-refractivity contribution in [3.63, 3.8) is 0 Å². The summed E-state index contributed by atoms with van der Waals surface area (Å²) in [6, 6.07) is 7.81. The standard InChI is InChI=1S/C18H25N3O2S.ClH/c19-16(22)10-24-15-7-2-1-6-14(15)21-18(23)13-8-11-4-3-5-12(9-13)17(11)20;/h1-2,6-7,11-13,17H,3-5,8-10,20H2,(H2,19,22)(H,21,23);1H. The summed E-state index contributed by atoms with van der Waals surface area (Å²) in [5.41, 5.74) is 12.3. The highest BCUT2D eigenvalue weighted by Gasteiger charge is 2.40. The van der Waals surface area contributed by atoms with Crippen LogP contribution < -0.4 is 16.8 Å². The highest BCUT2D eigenvalue weighted by Crippen LogP contribution is 2.42. The van der Waals surface area contributed by atoms with Gasteiger partial charge in [-0.2, -0.15) is 0 Å². The minimum atomic E-state index is -0.366. The zero-order valence-corrected chi connectivity index (χ0v) is 15.8. The Balaban J connectivity index is 0.00000225. The van der Waals surface area contributed by atoms with Crippen molar-refractivity contribution in [3.8, 4) is 0 Å². The molecule has 0 saturated heterocycles. The summed E-state index contributed by atoms with van der Waals surface area (Å²) in [5.74, 6) is 0.908. The monoisotopic (exact) mass is 383 g/mol. The number of carbonyl (C=O) groups is 2. The van der Waals surface area contributed by atoms with E-state index in [4.69, 9.17) is 11.5 Å². The molecule has 1 aromatic carbocycles. The molecule has 0 spiro atoms. The van der Waals surface area contributed by atoms with Crippen LogP contribution in [-0.2, 0) is 9.59 Å². The van der Waals surface area contributed by atoms with E-state index in [1.807, 2.05) is 24.3 Å². The Hall–Kier alpha value is -1.24. The number of rotatable bonds is 5. The molecule has 0 radical (unpaired) electrons. The van der Waals surface area contributed by atoms with Crippen molar-refractivity contribution in [3.05, 3.63) is 24.3 Å². The van der Waals surface area contributed by atoms with E-state index in [0.29, 0.717) is 11.8 Å². The van der Waals surface area contributed by atoms with E-state index in [0.717, 1.165) is 36.3 Å². The molecule has 0 aliphatic heterocycles. The van der Waals surface area contributed by atoms with Crippen LogP contribution in [0.15, 0.2) is 29.2 Å². The number of primary amides is 1. The van der Waals surface area contributed by atoms with E-state index >= 15 is 0 Å². The number of anilines is 1. The zero-order valence-electron chi connectivity index (χ0n) is 14.1. The molecule has 2 aliphatic rings. The average molecular weight is 384 g/mol. The topological polar surface area (TPSA) is 98.2 Å². The fraction of sp³-hybridized carbons (Fsp3) is 0.556. The normalized spacial score (nSPS) is 27.9. The maximum Gasteiger partial charge on any atom is 0.227 e. The van der Waals surface area contributed by atoms with Crippen molar-refractivity contribution in [2.24, 2.45) is 29.2 Å². The second kappa shape index (κ2) is 8.92. The van der Waals surface area contributed by atoms with Gasteiger partial charge in [0.1, 0.15) is 0 Å². The fourth-order valence-corrected chi connectivity index (χ4v) is 4.83. The first kappa shape index (κ1) is 20.1. The van der Waals surface area contributed by atoms with E-state index in [-0.39, 0.29) is 41.9 Å². The van der Waals surface area contributed by atoms with Crippen molar-refractivity contribution < 1.29 is 9.59 Å². The Bertz CT molecular complexity index is 614. The summed E-state index contributed by atoms with van der Waals surface area (Å²) in [6.45, 7) is 0. The molecule has 2 amide bonds. The van der Waals surface area contributed by atoms with Gasteiger partial charge in [0.2, 0.25) is 11.8 Å². The quantitative estimate of drug-likeness (QED) is 0.681. The summed E-state index contributed by atoms with van der Waals surface area (Å²) in [5, 5.41) is 3.06. The van der Waals surface area contributed by atoms with Gasteiger partial charge in [-0.05, 0) is 49.7 Å². The molecule has 2 saturated carbocycles. The second-order valence-electron chi connectivity index (χ2n) is 6.94. The summed E-state index contributed by atoms with van der Waals surface area (Å²) in [4.78, 5) is 24.6. The molecule has 0 heterocycles. The predicted molar refractivity (Wildman–Crippen MR) is 104 cm³/mol. The van der Waals surface area contributed by atoms with Crippen LogP contribution in [0.3, 0.4) is 0 Å². The van der Waals surface area contributed by atoms with E-state index in [1.54, 1.807) is 0 Å². The third-order valence-corrected chi connectivity index (χ3v) is 6.39. The first-order valence-corrected chi connectivity index (χ1v) is 9.59. The van der Waals surface area contributed by atoms with E-state index < -0.39 is 0 Å². The van der Waals surface area contributed by atoms with Crippen LogP contribution in [0, 0.1) is 17.8 Å². The Kier molecular flexibility index (Phi) is 7.16. The SMILES string of the molecule is Cl.NC(=O)CSc1ccccc1NC(=O)C1CC2CCCC(C1)C2N. The summed E-state index contributed by atoms with van der Waals surface area (Å²) < 4.78 is 0. The van der Waals surface area contributed by atoms with Gasteiger partial charge in [-0.25, -0.2) is 0 Å². The molecule has 2 atom stereocenters. The third-order valence-electron chi connectivity index (χ3n) is 5.30. The van der Waals surface area contributed by atoms with Crippen molar-refractivity contribution in [2.45, 2.75) is 43.0 Å². The summed E-state index contributed by atoms with van der Waals surface area (Å²) in [7, 11) is 0. The lowest BCUT2D eigenvalue weighted by Gasteiger charge is -2.43. The molecular formula is C18H26ClN3O2S. The summed E-state index contributed by atoms with van der Waals surface area (Å²) >= 11 is 1.35. The number of benzene rings is 1. The molecule has 138 valence electrons. The zero-order chi connectivity index (χ0) is 17.1. The number of carbonyl (C=O) groups excluding carboxylic acids is 2. The van der Waals surface area contributed by atoms with Gasteiger partial charge in [0.25, 0.3) is 0 Å². The molecule has 2 fully saturated rings. The Labute approximate surface area is 159 Å². The van der Waals surface area contributed by atoms with E-state index in [9.17, 15) is 9.59 Å². The minimum absolute atomic E-state index is 0. The number of nitrogens with two attached hydrogens (primary N) is 2. The van der Waals surface area contributed by atoms with Gasteiger partial charge < -0.3 is 16.8 Å². The van der Waals surface area contributed by atoms with Gasteiger partial charge in [0, 0.05) is 16.9 Å². The lowest BCUT2D eigenvalue weighted by atomic mass is 9.65. The van der Waals surface area contributed by atoms with E-state index in [2.05, 4.69) is 5.32 Å². The predicted octanol–water partition coefficient (Wildman–Crippen LogP) is 2.78. The minimum Gasteiger partial charge on any atom is -0.369 e. The smallest absolute Gasteiger partial charge is 0.227 e. The van der Waals surface area contributed by atoms with Crippen LogP contribution in [0.1, 0.15) is 32.1 Å². The van der Waals surface area contributed by atoms with Crippen LogP contribution in [0.4, 0.5) is 5.69 Å². The molecule has 7 heteroatoms. The van der Waals surface area contributed by atoms with Crippen LogP contribution in [-0.4, -0.2) is 23.6 Å². The number of hydrogen-bond donors (Lipinski definition) is 3. The lowest BCUT2D eigenvalue weighted by Crippen LogP contribution is -2.48. The maximum atomic E-state index is 12.7. The number of para-hydroxylation sites is 1. The number of hydrogen-bond acceptors (Lipinski definition) is 4. The molecule has 5 N–H and O–H groups in total. The van der Waals surface area contributed by atoms with Crippen molar-refractivity contribution >= 4 is 41.7 Å². The lowest BCUT2D eigenvalue weighted by molar-refractivity contribution is -0.122. The van der Waals surface area contributed by atoms with Crippen molar-refractivity contribution in [1.82, 2.24) is 0 Å². The number of amides is 2. The Morgan fingerprint density at radius 1 is 1.16 bits per heavy atom. The first-order chi connectivity index (χ1) is 11.5. The highest BCUT2D eigenvalue weighted by atomic mass is 35.5. The van der Waals surface area contributed by atoms with Gasteiger partial charge in [-0.3, -0.25) is 9.59 Å². The molecule has 0 aromatic heterocycles. The van der Waals surface area contributed by atoms with Crippen LogP contribution >= 0.6 is 24.2 Å². The highest BCUT2D eigenvalue weighted by molar-refractivity contribution is 8.00. The van der Waals surface area contributed by atoms with Crippen LogP contribution in [0.2, 0.25) is 0 Å². The van der Waals surface area contributed by atoms with Gasteiger partial charge >= 0.3 is 0 Å².